The maximum absolute atomic E-state index is 12.9. The number of anilines is 1. The molecular weight excluding hydrogens is 414 g/mol. The quantitative estimate of drug-likeness (QED) is 0.386. The molecule has 2 N–H and O–H groups in total. The van der Waals surface area contributed by atoms with E-state index in [2.05, 4.69) is 5.32 Å². The van der Waals surface area contributed by atoms with Crippen LogP contribution in [0.4, 0.5) is 5.69 Å². The molecule has 0 aliphatic rings. The molecule has 0 aliphatic heterocycles. The summed E-state index contributed by atoms with van der Waals surface area (Å²) in [6, 6.07) is 18.7. The topological polar surface area (TPSA) is 79.5 Å². The lowest BCUT2D eigenvalue weighted by atomic mass is 10.00. The SMILES string of the molecule is Cc1cc(C(C)Nc2ccccc2C(=O)O)c2oc(-c3ccc(Cl)cc3)cc(=O)c2c1. The predicted octanol–water partition coefficient (Wildman–Crippen LogP) is 6.29. The second kappa shape index (κ2) is 8.28. The van der Waals surface area contributed by atoms with Crippen LogP contribution in [0.15, 0.2) is 75.9 Å². The van der Waals surface area contributed by atoms with Crippen LogP contribution in [-0.2, 0) is 0 Å². The van der Waals surface area contributed by atoms with Gasteiger partial charge in [-0.05, 0) is 61.9 Å². The predicted molar refractivity (Wildman–Crippen MR) is 123 cm³/mol. The number of carboxylic acids is 1. The first-order valence-electron chi connectivity index (χ1n) is 9.76. The molecule has 0 aliphatic carbocycles. The monoisotopic (exact) mass is 433 g/mol. The van der Waals surface area contributed by atoms with Gasteiger partial charge in [-0.3, -0.25) is 4.79 Å². The molecule has 3 aromatic carbocycles. The van der Waals surface area contributed by atoms with Crippen LogP contribution in [0.5, 0.6) is 0 Å². The molecule has 0 fully saturated rings. The van der Waals surface area contributed by atoms with E-state index in [1.807, 2.05) is 19.9 Å². The number of nitrogens with one attached hydrogen (secondary N) is 1. The van der Waals surface area contributed by atoms with Gasteiger partial charge in [-0.1, -0.05) is 29.8 Å². The summed E-state index contributed by atoms with van der Waals surface area (Å²) in [7, 11) is 0. The van der Waals surface area contributed by atoms with Crippen molar-refractivity contribution in [3.05, 3.63) is 98.7 Å². The van der Waals surface area contributed by atoms with Crippen LogP contribution in [0.25, 0.3) is 22.3 Å². The van der Waals surface area contributed by atoms with Crippen molar-refractivity contribution in [3.63, 3.8) is 0 Å². The first kappa shape index (κ1) is 20.7. The third-order valence-electron chi connectivity index (χ3n) is 5.13. The molecule has 0 spiro atoms. The van der Waals surface area contributed by atoms with Crippen LogP contribution in [0.2, 0.25) is 5.02 Å². The first-order valence-corrected chi connectivity index (χ1v) is 10.1. The Hall–Kier alpha value is -3.57. The Morgan fingerprint density at radius 3 is 2.48 bits per heavy atom. The molecule has 0 saturated carbocycles. The van der Waals surface area contributed by atoms with Crippen molar-refractivity contribution in [3.8, 4) is 11.3 Å². The van der Waals surface area contributed by atoms with E-state index >= 15 is 0 Å². The minimum atomic E-state index is -1.01. The molecule has 31 heavy (non-hydrogen) atoms. The Morgan fingerprint density at radius 2 is 1.77 bits per heavy atom. The van der Waals surface area contributed by atoms with E-state index in [9.17, 15) is 14.7 Å². The summed E-state index contributed by atoms with van der Waals surface area (Å²) in [5.74, 6) is -0.571. The van der Waals surface area contributed by atoms with E-state index in [4.69, 9.17) is 16.0 Å². The van der Waals surface area contributed by atoms with Gasteiger partial charge in [0.05, 0.1) is 17.0 Å². The third kappa shape index (κ3) is 4.18. The highest BCUT2D eigenvalue weighted by Gasteiger charge is 2.18. The van der Waals surface area contributed by atoms with Gasteiger partial charge in [0.25, 0.3) is 0 Å². The molecule has 1 atom stereocenters. The van der Waals surface area contributed by atoms with Crippen molar-refractivity contribution >= 4 is 34.2 Å². The molecule has 1 unspecified atom stereocenters. The standard InChI is InChI=1S/C25H20ClNO4/c1-14-11-19(15(2)27-21-6-4-3-5-18(21)25(29)30)24-20(12-14)22(28)13-23(31-24)16-7-9-17(26)10-8-16/h3-13,15,27H,1-2H3,(H,29,30). The number of hydrogen-bond donors (Lipinski definition) is 2. The molecule has 6 heteroatoms. The lowest BCUT2D eigenvalue weighted by Gasteiger charge is -2.19. The molecule has 0 radical (unpaired) electrons. The summed E-state index contributed by atoms with van der Waals surface area (Å²) in [6.07, 6.45) is 0. The Labute approximate surface area is 183 Å². The zero-order valence-electron chi connectivity index (χ0n) is 17.0. The highest BCUT2D eigenvalue weighted by atomic mass is 35.5. The zero-order valence-corrected chi connectivity index (χ0v) is 17.7. The Kier molecular flexibility index (Phi) is 5.53. The Morgan fingerprint density at radius 1 is 1.06 bits per heavy atom. The summed E-state index contributed by atoms with van der Waals surface area (Å²) < 4.78 is 6.19. The fourth-order valence-electron chi connectivity index (χ4n) is 3.62. The highest BCUT2D eigenvalue weighted by Crippen LogP contribution is 2.31. The van der Waals surface area contributed by atoms with Gasteiger partial charge in [0.2, 0.25) is 0 Å². The number of aromatic carboxylic acids is 1. The summed E-state index contributed by atoms with van der Waals surface area (Å²) >= 11 is 5.98. The van der Waals surface area contributed by atoms with Gasteiger partial charge in [0.15, 0.2) is 5.43 Å². The largest absolute Gasteiger partial charge is 0.478 e. The number of carbonyl (C=O) groups is 1. The van der Waals surface area contributed by atoms with E-state index in [0.29, 0.717) is 27.4 Å². The summed E-state index contributed by atoms with van der Waals surface area (Å²) in [5.41, 5.74) is 3.41. The van der Waals surface area contributed by atoms with Gasteiger partial charge in [-0.2, -0.15) is 0 Å². The van der Waals surface area contributed by atoms with E-state index < -0.39 is 5.97 Å². The normalized spacial score (nSPS) is 12.0. The lowest BCUT2D eigenvalue weighted by molar-refractivity contribution is 0.0698. The van der Waals surface area contributed by atoms with Crippen molar-refractivity contribution in [1.82, 2.24) is 0 Å². The average Bonchev–Trinajstić information content (AvgIpc) is 2.74. The van der Waals surface area contributed by atoms with Gasteiger partial charge in [-0.15, -0.1) is 0 Å². The van der Waals surface area contributed by atoms with Crippen LogP contribution in [0.1, 0.15) is 34.5 Å². The van der Waals surface area contributed by atoms with Crippen molar-refractivity contribution in [2.24, 2.45) is 0 Å². The fraction of sp³-hybridized carbons (Fsp3) is 0.120. The van der Waals surface area contributed by atoms with E-state index in [1.165, 1.54) is 6.07 Å². The smallest absolute Gasteiger partial charge is 0.337 e. The van der Waals surface area contributed by atoms with Crippen LogP contribution in [-0.4, -0.2) is 11.1 Å². The zero-order chi connectivity index (χ0) is 22.1. The Balaban J connectivity index is 1.84. The van der Waals surface area contributed by atoms with Crippen LogP contribution in [0.3, 0.4) is 0 Å². The van der Waals surface area contributed by atoms with E-state index in [0.717, 1.165) is 16.7 Å². The maximum Gasteiger partial charge on any atom is 0.337 e. The van der Waals surface area contributed by atoms with Crippen molar-refractivity contribution in [2.45, 2.75) is 19.9 Å². The molecule has 5 nitrogen and oxygen atoms in total. The summed E-state index contributed by atoms with van der Waals surface area (Å²) in [6.45, 7) is 3.81. The number of hydrogen-bond acceptors (Lipinski definition) is 4. The van der Waals surface area contributed by atoms with Gasteiger partial charge >= 0.3 is 5.97 Å². The second-order valence-electron chi connectivity index (χ2n) is 7.43. The number of benzene rings is 3. The van der Waals surface area contributed by atoms with Gasteiger partial charge in [-0.25, -0.2) is 4.79 Å². The molecule has 1 aromatic heterocycles. The molecule has 4 aromatic rings. The second-order valence-corrected chi connectivity index (χ2v) is 7.87. The fourth-order valence-corrected chi connectivity index (χ4v) is 3.74. The van der Waals surface area contributed by atoms with Gasteiger partial charge < -0.3 is 14.8 Å². The molecule has 0 bridgehead atoms. The van der Waals surface area contributed by atoms with E-state index in [1.54, 1.807) is 54.6 Å². The third-order valence-corrected chi connectivity index (χ3v) is 5.38. The van der Waals surface area contributed by atoms with Crippen molar-refractivity contribution in [2.75, 3.05) is 5.32 Å². The molecule has 0 saturated heterocycles. The molecular formula is C25H20ClNO4. The van der Waals surface area contributed by atoms with Crippen molar-refractivity contribution in [1.29, 1.82) is 0 Å². The molecule has 156 valence electrons. The maximum atomic E-state index is 12.9. The number of fused-ring (bicyclic) bond motifs is 1. The molecule has 1 heterocycles. The number of para-hydroxylation sites is 1. The van der Waals surface area contributed by atoms with Crippen LogP contribution >= 0.6 is 11.6 Å². The highest BCUT2D eigenvalue weighted by molar-refractivity contribution is 6.30. The van der Waals surface area contributed by atoms with Crippen molar-refractivity contribution < 1.29 is 14.3 Å². The molecule has 0 amide bonds. The average molecular weight is 434 g/mol. The summed E-state index contributed by atoms with van der Waals surface area (Å²) in [4.78, 5) is 24.5. The number of rotatable bonds is 5. The number of carboxylic acid groups (broad SMARTS) is 1. The Bertz CT molecular complexity index is 1340. The van der Waals surface area contributed by atoms with Gasteiger partial charge in [0, 0.05) is 27.9 Å². The number of halogens is 1. The van der Waals surface area contributed by atoms with Crippen LogP contribution in [0, 0.1) is 6.92 Å². The van der Waals surface area contributed by atoms with Crippen LogP contribution < -0.4 is 10.7 Å². The minimum absolute atomic E-state index is 0.144. The summed E-state index contributed by atoms with van der Waals surface area (Å²) in [5, 5.41) is 13.8. The van der Waals surface area contributed by atoms with Gasteiger partial charge in [0.1, 0.15) is 11.3 Å². The lowest BCUT2D eigenvalue weighted by Crippen LogP contribution is -2.12. The van der Waals surface area contributed by atoms with E-state index in [-0.39, 0.29) is 17.0 Å². The first-order chi connectivity index (χ1) is 14.8. The minimum Gasteiger partial charge on any atom is -0.478 e. The number of aryl methyl sites for hydroxylation is 1. The molecule has 4 rings (SSSR count).